The van der Waals surface area contributed by atoms with E-state index in [2.05, 4.69) is 51.0 Å². The average molecular weight is 294 g/mol. The lowest BCUT2D eigenvalue weighted by Crippen LogP contribution is -2.50. The molecule has 0 aromatic carbocycles. The maximum atomic E-state index is 5.58. The van der Waals surface area contributed by atoms with E-state index in [9.17, 15) is 0 Å². The van der Waals surface area contributed by atoms with Gasteiger partial charge in [0.25, 0.3) is 0 Å². The fraction of sp³-hybridized carbons (Fsp3) is 0.786. The molecule has 21 heavy (non-hydrogen) atoms. The van der Waals surface area contributed by atoms with E-state index in [1.807, 2.05) is 6.92 Å². The SMILES string of the molecule is CCCOc1nc(NCC)nc(N2CCN(C)C(C)C2)n1. The summed E-state index contributed by atoms with van der Waals surface area (Å²) in [6.45, 7) is 10.5. The van der Waals surface area contributed by atoms with Gasteiger partial charge in [0, 0.05) is 32.2 Å². The lowest BCUT2D eigenvalue weighted by atomic mass is 10.2. The largest absolute Gasteiger partial charge is 0.463 e. The molecule has 118 valence electrons. The van der Waals surface area contributed by atoms with Gasteiger partial charge in [0.2, 0.25) is 11.9 Å². The van der Waals surface area contributed by atoms with Gasteiger partial charge in [-0.1, -0.05) is 6.92 Å². The summed E-state index contributed by atoms with van der Waals surface area (Å²) in [6, 6.07) is 0.891. The van der Waals surface area contributed by atoms with E-state index in [4.69, 9.17) is 4.74 Å². The summed E-state index contributed by atoms with van der Waals surface area (Å²) in [5.41, 5.74) is 0. The van der Waals surface area contributed by atoms with Gasteiger partial charge in [0.1, 0.15) is 0 Å². The van der Waals surface area contributed by atoms with Gasteiger partial charge in [-0.15, -0.1) is 0 Å². The van der Waals surface area contributed by atoms with Gasteiger partial charge in [0.15, 0.2) is 0 Å². The first kappa shape index (κ1) is 15.8. The Morgan fingerprint density at radius 3 is 2.71 bits per heavy atom. The molecule has 1 aromatic heterocycles. The van der Waals surface area contributed by atoms with Crippen LogP contribution in [0.15, 0.2) is 0 Å². The number of likely N-dealkylation sites (N-methyl/N-ethyl adjacent to an activating group) is 1. The number of aromatic nitrogens is 3. The smallest absolute Gasteiger partial charge is 0.323 e. The number of piperazine rings is 1. The monoisotopic (exact) mass is 294 g/mol. The molecular formula is C14H26N6O. The van der Waals surface area contributed by atoms with Gasteiger partial charge in [-0.3, -0.25) is 0 Å². The maximum absolute atomic E-state index is 5.58. The highest BCUT2D eigenvalue weighted by Crippen LogP contribution is 2.18. The topological polar surface area (TPSA) is 66.4 Å². The Bertz CT molecular complexity index is 455. The zero-order valence-corrected chi connectivity index (χ0v) is 13.5. The molecule has 1 N–H and O–H groups in total. The summed E-state index contributed by atoms with van der Waals surface area (Å²) in [7, 11) is 2.15. The van der Waals surface area contributed by atoms with Crippen LogP contribution in [0, 0.1) is 0 Å². The quantitative estimate of drug-likeness (QED) is 0.846. The number of nitrogens with zero attached hydrogens (tertiary/aromatic N) is 5. The molecule has 1 aromatic rings. The van der Waals surface area contributed by atoms with Crippen molar-refractivity contribution in [1.29, 1.82) is 0 Å². The zero-order valence-electron chi connectivity index (χ0n) is 13.5. The number of hydrogen-bond acceptors (Lipinski definition) is 7. The molecule has 1 saturated heterocycles. The van der Waals surface area contributed by atoms with E-state index in [0.29, 0.717) is 30.6 Å². The minimum atomic E-state index is 0.407. The third kappa shape index (κ3) is 4.17. The molecule has 0 spiro atoms. The first-order chi connectivity index (χ1) is 10.1. The van der Waals surface area contributed by atoms with E-state index in [1.165, 1.54) is 0 Å². The van der Waals surface area contributed by atoms with Gasteiger partial charge < -0.3 is 19.9 Å². The first-order valence-electron chi connectivity index (χ1n) is 7.72. The van der Waals surface area contributed by atoms with Crippen molar-refractivity contribution in [3.05, 3.63) is 0 Å². The lowest BCUT2D eigenvalue weighted by Gasteiger charge is -2.37. The number of anilines is 2. The molecule has 2 heterocycles. The Morgan fingerprint density at radius 2 is 2.05 bits per heavy atom. The van der Waals surface area contributed by atoms with Gasteiger partial charge in [-0.2, -0.15) is 15.0 Å². The van der Waals surface area contributed by atoms with Gasteiger partial charge >= 0.3 is 6.01 Å². The number of ether oxygens (including phenoxy) is 1. The van der Waals surface area contributed by atoms with Crippen LogP contribution in [-0.4, -0.2) is 65.7 Å². The van der Waals surface area contributed by atoms with Crippen LogP contribution in [0.5, 0.6) is 6.01 Å². The molecule has 0 radical (unpaired) electrons. The second kappa shape index (κ2) is 7.40. The Hall–Kier alpha value is -1.63. The van der Waals surface area contributed by atoms with E-state index in [-0.39, 0.29) is 0 Å². The Kier molecular flexibility index (Phi) is 5.55. The van der Waals surface area contributed by atoms with E-state index in [1.54, 1.807) is 0 Å². The van der Waals surface area contributed by atoms with Crippen LogP contribution in [0.2, 0.25) is 0 Å². The van der Waals surface area contributed by atoms with Crippen molar-refractivity contribution in [2.75, 3.05) is 50.1 Å². The molecular weight excluding hydrogens is 268 g/mol. The Balaban J connectivity index is 2.18. The third-order valence-electron chi connectivity index (χ3n) is 3.62. The Morgan fingerprint density at radius 1 is 1.24 bits per heavy atom. The average Bonchev–Trinajstić information content (AvgIpc) is 2.48. The van der Waals surface area contributed by atoms with Gasteiger partial charge in [0.05, 0.1) is 6.61 Å². The molecule has 7 nitrogen and oxygen atoms in total. The second-order valence-electron chi connectivity index (χ2n) is 5.40. The van der Waals surface area contributed by atoms with Crippen molar-refractivity contribution in [1.82, 2.24) is 19.9 Å². The van der Waals surface area contributed by atoms with Crippen LogP contribution in [-0.2, 0) is 0 Å². The van der Waals surface area contributed by atoms with Crippen LogP contribution in [0.1, 0.15) is 27.2 Å². The summed E-state index contributed by atoms with van der Waals surface area (Å²) >= 11 is 0. The van der Waals surface area contributed by atoms with Crippen LogP contribution < -0.4 is 15.0 Å². The molecule has 1 atom stereocenters. The first-order valence-corrected chi connectivity index (χ1v) is 7.72. The predicted octanol–water partition coefficient (Wildman–Crippen LogP) is 1.23. The van der Waals surface area contributed by atoms with Gasteiger partial charge in [-0.25, -0.2) is 0 Å². The van der Waals surface area contributed by atoms with Gasteiger partial charge in [-0.05, 0) is 27.3 Å². The molecule has 7 heteroatoms. The highest BCUT2D eigenvalue weighted by molar-refractivity contribution is 5.39. The Labute approximate surface area is 126 Å². The van der Waals surface area contributed by atoms with Crippen molar-refractivity contribution in [2.24, 2.45) is 0 Å². The van der Waals surface area contributed by atoms with Crippen molar-refractivity contribution in [3.63, 3.8) is 0 Å². The summed E-state index contributed by atoms with van der Waals surface area (Å²) < 4.78 is 5.58. The number of rotatable bonds is 6. The molecule has 0 amide bonds. The molecule has 0 aliphatic carbocycles. The van der Waals surface area contributed by atoms with Crippen LogP contribution in [0.3, 0.4) is 0 Å². The molecule has 1 unspecified atom stereocenters. The van der Waals surface area contributed by atoms with Crippen LogP contribution in [0.25, 0.3) is 0 Å². The predicted molar refractivity (Wildman–Crippen MR) is 84.1 cm³/mol. The molecule has 1 aliphatic rings. The van der Waals surface area contributed by atoms with Crippen molar-refractivity contribution >= 4 is 11.9 Å². The minimum absolute atomic E-state index is 0.407. The highest BCUT2D eigenvalue weighted by atomic mass is 16.5. The summed E-state index contributed by atoms with van der Waals surface area (Å²) in [4.78, 5) is 17.8. The number of hydrogen-bond donors (Lipinski definition) is 1. The summed E-state index contributed by atoms with van der Waals surface area (Å²) in [5.74, 6) is 1.28. The zero-order chi connectivity index (χ0) is 15.2. The second-order valence-corrected chi connectivity index (χ2v) is 5.40. The fourth-order valence-electron chi connectivity index (χ4n) is 2.21. The van der Waals surface area contributed by atoms with E-state index in [0.717, 1.165) is 32.6 Å². The van der Waals surface area contributed by atoms with Crippen molar-refractivity contribution < 1.29 is 4.74 Å². The molecule has 2 rings (SSSR count). The fourth-order valence-corrected chi connectivity index (χ4v) is 2.21. The standard InChI is InChI=1S/C14H26N6O/c1-5-9-21-14-17-12(15-6-2)16-13(18-14)20-8-7-19(4)11(3)10-20/h11H,5-10H2,1-4H3,(H,15,16,17,18). The molecule has 0 bridgehead atoms. The maximum Gasteiger partial charge on any atom is 0.323 e. The molecule has 1 fully saturated rings. The normalized spacial score (nSPS) is 19.6. The van der Waals surface area contributed by atoms with E-state index < -0.39 is 0 Å². The third-order valence-corrected chi connectivity index (χ3v) is 3.62. The lowest BCUT2D eigenvalue weighted by molar-refractivity contribution is 0.232. The molecule has 0 saturated carbocycles. The molecule has 1 aliphatic heterocycles. The van der Waals surface area contributed by atoms with Crippen LogP contribution >= 0.6 is 0 Å². The van der Waals surface area contributed by atoms with Crippen molar-refractivity contribution in [2.45, 2.75) is 33.2 Å². The highest BCUT2D eigenvalue weighted by Gasteiger charge is 2.23. The summed E-state index contributed by atoms with van der Waals surface area (Å²) in [5, 5.41) is 3.14. The van der Waals surface area contributed by atoms with Crippen LogP contribution in [0.4, 0.5) is 11.9 Å². The van der Waals surface area contributed by atoms with Crippen molar-refractivity contribution in [3.8, 4) is 6.01 Å². The minimum Gasteiger partial charge on any atom is -0.463 e. The van der Waals surface area contributed by atoms with E-state index >= 15 is 0 Å². The number of nitrogens with one attached hydrogen (secondary N) is 1. The summed E-state index contributed by atoms with van der Waals surface area (Å²) in [6.07, 6.45) is 0.934.